The van der Waals surface area contributed by atoms with Crippen LogP contribution in [0, 0.1) is 5.82 Å². The molecule has 0 amide bonds. The monoisotopic (exact) mass is 326 g/mol. The fourth-order valence-electron chi connectivity index (χ4n) is 1.64. The van der Waals surface area contributed by atoms with Crippen molar-refractivity contribution in [2.45, 2.75) is 6.42 Å². The molecule has 0 bridgehead atoms. The van der Waals surface area contributed by atoms with Gasteiger partial charge in [-0.3, -0.25) is 4.79 Å². The lowest BCUT2D eigenvalue weighted by atomic mass is 10.0. The van der Waals surface area contributed by atoms with Crippen molar-refractivity contribution in [2.75, 3.05) is 0 Å². The Morgan fingerprint density at radius 2 is 2.00 bits per heavy atom. The normalized spacial score (nSPS) is 10.4. The molecule has 0 saturated heterocycles. The van der Waals surface area contributed by atoms with Gasteiger partial charge in [0.2, 0.25) is 0 Å². The summed E-state index contributed by atoms with van der Waals surface area (Å²) in [6.07, 6.45) is 0.138. The molecule has 1 nitrogen and oxygen atoms in total. The van der Waals surface area contributed by atoms with Gasteiger partial charge >= 0.3 is 0 Å². The topological polar surface area (TPSA) is 17.1 Å². The standard InChI is InChI=1S/C14H9BrClFO/c15-10-4-5-12(13(17)8-10)14(18)7-9-2-1-3-11(16)6-9/h1-6,8H,7H2. The first-order valence-electron chi connectivity index (χ1n) is 5.29. The minimum Gasteiger partial charge on any atom is -0.294 e. The lowest BCUT2D eigenvalue weighted by Gasteiger charge is -2.04. The van der Waals surface area contributed by atoms with Gasteiger partial charge in [0.15, 0.2) is 5.78 Å². The van der Waals surface area contributed by atoms with Crippen molar-refractivity contribution in [3.05, 3.63) is 68.9 Å². The highest BCUT2D eigenvalue weighted by molar-refractivity contribution is 9.10. The number of carbonyl (C=O) groups excluding carboxylic acids is 1. The number of benzene rings is 2. The van der Waals surface area contributed by atoms with E-state index in [0.29, 0.717) is 9.50 Å². The highest BCUT2D eigenvalue weighted by Gasteiger charge is 2.12. The summed E-state index contributed by atoms with van der Waals surface area (Å²) in [6, 6.07) is 11.4. The summed E-state index contributed by atoms with van der Waals surface area (Å²) < 4.78 is 14.2. The maximum absolute atomic E-state index is 13.6. The Labute approximate surface area is 118 Å². The van der Waals surface area contributed by atoms with Crippen LogP contribution in [0.4, 0.5) is 4.39 Å². The number of ketones is 1. The zero-order chi connectivity index (χ0) is 13.1. The summed E-state index contributed by atoms with van der Waals surface area (Å²) >= 11 is 8.99. The van der Waals surface area contributed by atoms with E-state index in [9.17, 15) is 9.18 Å². The zero-order valence-electron chi connectivity index (χ0n) is 9.29. The van der Waals surface area contributed by atoms with Gasteiger partial charge in [0, 0.05) is 15.9 Å². The average molecular weight is 328 g/mol. The van der Waals surface area contributed by atoms with Crippen molar-refractivity contribution < 1.29 is 9.18 Å². The molecule has 0 unspecified atom stereocenters. The second-order valence-corrected chi connectivity index (χ2v) is 5.21. The van der Waals surface area contributed by atoms with E-state index in [2.05, 4.69) is 15.9 Å². The quantitative estimate of drug-likeness (QED) is 0.749. The first-order valence-corrected chi connectivity index (χ1v) is 6.46. The first-order chi connectivity index (χ1) is 8.56. The van der Waals surface area contributed by atoms with Gasteiger partial charge in [-0.2, -0.15) is 0 Å². The van der Waals surface area contributed by atoms with Crippen LogP contribution in [0.3, 0.4) is 0 Å². The van der Waals surface area contributed by atoms with Crippen molar-refractivity contribution in [1.29, 1.82) is 0 Å². The molecule has 0 saturated carbocycles. The van der Waals surface area contributed by atoms with Gasteiger partial charge in [-0.15, -0.1) is 0 Å². The number of hydrogen-bond donors (Lipinski definition) is 0. The molecular weight excluding hydrogens is 319 g/mol. The molecule has 0 atom stereocenters. The molecule has 0 fully saturated rings. The molecule has 4 heteroatoms. The molecule has 0 aliphatic rings. The summed E-state index contributed by atoms with van der Waals surface area (Å²) in [5, 5.41) is 0.566. The van der Waals surface area contributed by atoms with E-state index in [4.69, 9.17) is 11.6 Å². The minimum absolute atomic E-state index is 0.0955. The molecule has 0 N–H and O–H groups in total. The predicted molar refractivity (Wildman–Crippen MR) is 73.6 cm³/mol. The third kappa shape index (κ3) is 3.18. The van der Waals surface area contributed by atoms with Crippen molar-refractivity contribution in [2.24, 2.45) is 0 Å². The summed E-state index contributed by atoms with van der Waals surface area (Å²) in [6.45, 7) is 0. The molecule has 0 spiro atoms. The summed E-state index contributed by atoms with van der Waals surface area (Å²) in [4.78, 5) is 12.0. The number of rotatable bonds is 3. The van der Waals surface area contributed by atoms with Crippen LogP contribution in [0.5, 0.6) is 0 Å². The first kappa shape index (κ1) is 13.2. The van der Waals surface area contributed by atoms with Crippen LogP contribution in [0.15, 0.2) is 46.9 Å². The Kier molecular flexibility index (Phi) is 4.15. The number of halogens is 3. The van der Waals surface area contributed by atoms with E-state index >= 15 is 0 Å². The van der Waals surface area contributed by atoms with Gasteiger partial charge in [0.25, 0.3) is 0 Å². The maximum Gasteiger partial charge on any atom is 0.170 e. The van der Waals surface area contributed by atoms with E-state index in [1.807, 2.05) is 0 Å². The van der Waals surface area contributed by atoms with Crippen LogP contribution in [0.1, 0.15) is 15.9 Å². The van der Waals surface area contributed by atoms with Gasteiger partial charge < -0.3 is 0 Å². The van der Waals surface area contributed by atoms with E-state index in [1.165, 1.54) is 12.1 Å². The molecular formula is C14H9BrClFO. The highest BCUT2D eigenvalue weighted by atomic mass is 79.9. The number of Topliss-reactive ketones (excluding diaryl/α,β-unsaturated/α-hetero) is 1. The molecule has 0 heterocycles. The summed E-state index contributed by atoms with van der Waals surface area (Å²) in [5.74, 6) is -0.779. The van der Waals surface area contributed by atoms with E-state index in [-0.39, 0.29) is 17.8 Å². The van der Waals surface area contributed by atoms with Gasteiger partial charge in [0.1, 0.15) is 5.82 Å². The molecule has 92 valence electrons. The molecule has 0 aromatic heterocycles. The van der Waals surface area contributed by atoms with Crippen molar-refractivity contribution in [3.8, 4) is 0 Å². The van der Waals surface area contributed by atoms with Crippen LogP contribution < -0.4 is 0 Å². The van der Waals surface area contributed by atoms with E-state index in [0.717, 1.165) is 5.56 Å². The minimum atomic E-state index is -0.517. The zero-order valence-corrected chi connectivity index (χ0v) is 11.6. The fourth-order valence-corrected chi connectivity index (χ4v) is 2.19. The number of carbonyl (C=O) groups is 1. The molecule has 0 aliphatic heterocycles. The third-order valence-corrected chi connectivity index (χ3v) is 3.21. The van der Waals surface area contributed by atoms with E-state index in [1.54, 1.807) is 30.3 Å². The number of hydrogen-bond acceptors (Lipinski definition) is 1. The molecule has 0 aliphatic carbocycles. The average Bonchev–Trinajstić information content (AvgIpc) is 2.28. The summed E-state index contributed by atoms with van der Waals surface area (Å²) in [5.41, 5.74) is 0.869. The Hall–Kier alpha value is -1.19. The van der Waals surface area contributed by atoms with Gasteiger partial charge in [-0.25, -0.2) is 4.39 Å². The van der Waals surface area contributed by atoms with Crippen LogP contribution in [0.2, 0.25) is 5.02 Å². The lowest BCUT2D eigenvalue weighted by molar-refractivity contribution is 0.0989. The SMILES string of the molecule is O=C(Cc1cccc(Cl)c1)c1ccc(Br)cc1F. The van der Waals surface area contributed by atoms with Gasteiger partial charge in [0.05, 0.1) is 5.56 Å². The maximum atomic E-state index is 13.6. The predicted octanol–water partition coefficient (Wildman–Crippen LogP) is 4.67. The van der Waals surface area contributed by atoms with Crippen molar-refractivity contribution >= 4 is 33.3 Å². The van der Waals surface area contributed by atoms with Gasteiger partial charge in [-0.1, -0.05) is 39.7 Å². The second-order valence-electron chi connectivity index (χ2n) is 3.85. The Morgan fingerprint density at radius 1 is 1.22 bits per heavy atom. The van der Waals surface area contributed by atoms with E-state index < -0.39 is 5.82 Å². The van der Waals surface area contributed by atoms with Crippen LogP contribution in [0.25, 0.3) is 0 Å². The largest absolute Gasteiger partial charge is 0.294 e. The Balaban J connectivity index is 2.22. The summed E-state index contributed by atoms with van der Waals surface area (Å²) in [7, 11) is 0. The van der Waals surface area contributed by atoms with Crippen LogP contribution in [-0.4, -0.2) is 5.78 Å². The van der Waals surface area contributed by atoms with Crippen molar-refractivity contribution in [3.63, 3.8) is 0 Å². The molecule has 2 aromatic carbocycles. The highest BCUT2D eigenvalue weighted by Crippen LogP contribution is 2.18. The van der Waals surface area contributed by atoms with Crippen LogP contribution >= 0.6 is 27.5 Å². The van der Waals surface area contributed by atoms with Crippen molar-refractivity contribution in [1.82, 2.24) is 0 Å². The Bertz CT molecular complexity index is 598. The molecule has 2 aromatic rings. The molecule has 0 radical (unpaired) electrons. The molecule has 18 heavy (non-hydrogen) atoms. The lowest BCUT2D eigenvalue weighted by Crippen LogP contribution is -2.06. The molecule has 2 rings (SSSR count). The second kappa shape index (κ2) is 5.63. The van der Waals surface area contributed by atoms with Crippen LogP contribution in [-0.2, 0) is 6.42 Å². The third-order valence-electron chi connectivity index (χ3n) is 2.49. The Morgan fingerprint density at radius 3 is 2.67 bits per heavy atom. The fraction of sp³-hybridized carbons (Fsp3) is 0.0714. The smallest absolute Gasteiger partial charge is 0.170 e. The van der Waals surface area contributed by atoms with Gasteiger partial charge in [-0.05, 0) is 35.9 Å².